The van der Waals surface area contributed by atoms with Crippen molar-refractivity contribution >= 4 is 16.9 Å². The molecule has 0 aliphatic carbocycles. The Bertz CT molecular complexity index is 549. The smallest absolute Gasteiger partial charge is 0.339 e. The third-order valence-corrected chi connectivity index (χ3v) is 2.69. The zero-order valence-electron chi connectivity index (χ0n) is 10.1. The highest BCUT2D eigenvalue weighted by Crippen LogP contribution is 2.18. The van der Waals surface area contributed by atoms with E-state index in [-0.39, 0.29) is 5.97 Å². The molecule has 1 aromatic carbocycles. The van der Waals surface area contributed by atoms with Gasteiger partial charge in [0.25, 0.3) is 0 Å². The number of hydrogen-bond donors (Lipinski definition) is 0. The van der Waals surface area contributed by atoms with Gasteiger partial charge in [0.05, 0.1) is 17.7 Å². The summed E-state index contributed by atoms with van der Waals surface area (Å²) in [6.07, 6.45) is 2.52. The van der Waals surface area contributed by atoms with Crippen molar-refractivity contribution in [3.63, 3.8) is 0 Å². The van der Waals surface area contributed by atoms with Crippen LogP contribution in [0.25, 0.3) is 10.9 Å². The Hall–Kier alpha value is -1.90. The van der Waals surface area contributed by atoms with Gasteiger partial charge in [-0.2, -0.15) is 0 Å². The van der Waals surface area contributed by atoms with Gasteiger partial charge in [0.2, 0.25) is 0 Å². The number of esters is 1. The third-order valence-electron chi connectivity index (χ3n) is 2.69. The molecule has 0 saturated carbocycles. The number of pyridine rings is 1. The van der Waals surface area contributed by atoms with Gasteiger partial charge in [0.15, 0.2) is 0 Å². The average molecular weight is 229 g/mol. The first-order valence-corrected chi connectivity index (χ1v) is 5.81. The summed E-state index contributed by atoms with van der Waals surface area (Å²) in [5.74, 6) is -0.316. The highest BCUT2D eigenvalue weighted by atomic mass is 16.5. The maximum Gasteiger partial charge on any atom is 0.339 e. The molecular formula is C14H15NO2. The molecule has 3 nitrogen and oxygen atoms in total. The van der Waals surface area contributed by atoms with Crippen molar-refractivity contribution in [3.8, 4) is 0 Å². The zero-order valence-corrected chi connectivity index (χ0v) is 10.1. The van der Waals surface area contributed by atoms with E-state index in [4.69, 9.17) is 4.74 Å². The molecule has 0 amide bonds. The van der Waals surface area contributed by atoms with Gasteiger partial charge < -0.3 is 4.74 Å². The van der Waals surface area contributed by atoms with Crippen molar-refractivity contribution < 1.29 is 9.53 Å². The number of para-hydroxylation sites is 1. The fraction of sp³-hybridized carbons (Fsp3) is 0.286. The van der Waals surface area contributed by atoms with E-state index >= 15 is 0 Å². The minimum atomic E-state index is -0.316. The summed E-state index contributed by atoms with van der Waals surface area (Å²) in [6.45, 7) is 4.27. The van der Waals surface area contributed by atoms with Crippen molar-refractivity contribution in [2.24, 2.45) is 0 Å². The minimum absolute atomic E-state index is 0.316. The van der Waals surface area contributed by atoms with Crippen molar-refractivity contribution in [2.45, 2.75) is 20.3 Å². The van der Waals surface area contributed by atoms with Gasteiger partial charge in [-0.25, -0.2) is 4.79 Å². The predicted octanol–water partition coefficient (Wildman–Crippen LogP) is 2.97. The highest BCUT2D eigenvalue weighted by Gasteiger charge is 2.08. The Morgan fingerprint density at radius 2 is 2.18 bits per heavy atom. The first-order chi connectivity index (χ1) is 8.26. The number of aryl methyl sites for hydroxylation is 1. The van der Waals surface area contributed by atoms with Gasteiger partial charge in [-0.1, -0.05) is 25.1 Å². The Kier molecular flexibility index (Phi) is 3.38. The summed E-state index contributed by atoms with van der Waals surface area (Å²) in [5.41, 5.74) is 2.66. The Balaban J connectivity index is 2.48. The highest BCUT2D eigenvalue weighted by molar-refractivity contribution is 5.94. The second-order valence-electron chi connectivity index (χ2n) is 3.79. The Morgan fingerprint density at radius 1 is 1.35 bits per heavy atom. The monoisotopic (exact) mass is 229 g/mol. The average Bonchev–Trinajstić information content (AvgIpc) is 2.37. The van der Waals surface area contributed by atoms with Crippen LogP contribution in [-0.2, 0) is 11.2 Å². The molecule has 2 aromatic rings. The lowest BCUT2D eigenvalue weighted by atomic mass is 10.1. The lowest BCUT2D eigenvalue weighted by molar-refractivity contribution is 0.0526. The molecule has 88 valence electrons. The van der Waals surface area contributed by atoms with E-state index in [9.17, 15) is 4.79 Å². The van der Waals surface area contributed by atoms with E-state index < -0.39 is 0 Å². The lowest BCUT2D eigenvalue weighted by Crippen LogP contribution is -2.05. The van der Waals surface area contributed by atoms with Gasteiger partial charge in [-0.05, 0) is 25.0 Å². The van der Waals surface area contributed by atoms with Crippen LogP contribution in [0.5, 0.6) is 0 Å². The van der Waals surface area contributed by atoms with Crippen LogP contribution < -0.4 is 0 Å². The quantitative estimate of drug-likeness (QED) is 0.759. The second kappa shape index (κ2) is 4.95. The predicted molar refractivity (Wildman–Crippen MR) is 67.1 cm³/mol. The number of carbonyl (C=O) groups excluding carboxylic acids is 1. The van der Waals surface area contributed by atoms with Crippen molar-refractivity contribution in [3.05, 3.63) is 41.6 Å². The zero-order chi connectivity index (χ0) is 12.3. The molecule has 0 aliphatic rings. The molecule has 0 spiro atoms. The fourth-order valence-corrected chi connectivity index (χ4v) is 1.84. The van der Waals surface area contributed by atoms with Gasteiger partial charge in [0.1, 0.15) is 0 Å². The third kappa shape index (κ3) is 2.28. The number of nitrogens with zero attached hydrogens (tertiary/aromatic N) is 1. The minimum Gasteiger partial charge on any atom is -0.462 e. The Morgan fingerprint density at radius 3 is 2.88 bits per heavy atom. The van der Waals surface area contributed by atoms with E-state index in [1.165, 1.54) is 5.56 Å². The summed E-state index contributed by atoms with van der Waals surface area (Å²) >= 11 is 0. The molecule has 2 rings (SSSR count). The molecule has 0 N–H and O–H groups in total. The van der Waals surface area contributed by atoms with Crippen LogP contribution >= 0.6 is 0 Å². The van der Waals surface area contributed by atoms with E-state index in [1.54, 1.807) is 13.1 Å². The number of fused-ring (bicyclic) bond motifs is 1. The summed E-state index contributed by atoms with van der Waals surface area (Å²) in [5, 5.41) is 0.981. The van der Waals surface area contributed by atoms with E-state index in [2.05, 4.69) is 18.0 Å². The number of ether oxygens (including phenoxy) is 1. The van der Waals surface area contributed by atoms with Crippen molar-refractivity contribution in [1.82, 2.24) is 4.98 Å². The van der Waals surface area contributed by atoms with Crippen molar-refractivity contribution in [1.29, 1.82) is 0 Å². The summed E-state index contributed by atoms with van der Waals surface area (Å²) in [6, 6.07) is 7.83. The number of carbonyl (C=O) groups is 1. The molecular weight excluding hydrogens is 214 g/mol. The molecule has 0 aliphatic heterocycles. The maximum atomic E-state index is 11.6. The van der Waals surface area contributed by atoms with Crippen LogP contribution in [0.4, 0.5) is 0 Å². The molecule has 0 atom stereocenters. The first-order valence-electron chi connectivity index (χ1n) is 5.81. The molecule has 0 fully saturated rings. The van der Waals surface area contributed by atoms with Crippen LogP contribution in [0, 0.1) is 0 Å². The fourth-order valence-electron chi connectivity index (χ4n) is 1.84. The maximum absolute atomic E-state index is 11.6. The van der Waals surface area contributed by atoms with Crippen LogP contribution in [0.3, 0.4) is 0 Å². The summed E-state index contributed by atoms with van der Waals surface area (Å²) < 4.78 is 4.95. The van der Waals surface area contributed by atoms with E-state index in [0.29, 0.717) is 12.2 Å². The molecule has 1 heterocycles. The molecule has 0 bridgehead atoms. The van der Waals surface area contributed by atoms with Crippen LogP contribution in [-0.4, -0.2) is 17.6 Å². The SMILES string of the molecule is CCOC(=O)c1cnc2c(CC)cccc2c1. The van der Waals surface area contributed by atoms with Gasteiger partial charge in [-0.15, -0.1) is 0 Å². The summed E-state index contributed by atoms with van der Waals surface area (Å²) in [4.78, 5) is 15.9. The van der Waals surface area contributed by atoms with Gasteiger partial charge in [0, 0.05) is 11.6 Å². The van der Waals surface area contributed by atoms with Crippen LogP contribution in [0.2, 0.25) is 0 Å². The van der Waals surface area contributed by atoms with Crippen molar-refractivity contribution in [2.75, 3.05) is 6.61 Å². The number of rotatable bonds is 3. The Labute approximate surface area is 100 Å². The standard InChI is InChI=1S/C14H15NO2/c1-3-10-6-5-7-11-8-12(9-15-13(10)11)14(16)17-4-2/h5-9H,3-4H2,1-2H3. The normalized spacial score (nSPS) is 10.5. The molecule has 17 heavy (non-hydrogen) atoms. The topological polar surface area (TPSA) is 39.2 Å². The number of aromatic nitrogens is 1. The number of benzene rings is 1. The van der Waals surface area contributed by atoms with Crippen LogP contribution in [0.15, 0.2) is 30.5 Å². The van der Waals surface area contributed by atoms with E-state index in [0.717, 1.165) is 17.3 Å². The second-order valence-corrected chi connectivity index (χ2v) is 3.79. The summed E-state index contributed by atoms with van der Waals surface area (Å²) in [7, 11) is 0. The van der Waals surface area contributed by atoms with Gasteiger partial charge in [-0.3, -0.25) is 4.98 Å². The molecule has 0 unspecified atom stereocenters. The van der Waals surface area contributed by atoms with E-state index in [1.807, 2.05) is 18.2 Å². The molecule has 1 aromatic heterocycles. The molecule has 3 heteroatoms. The molecule has 0 saturated heterocycles. The number of hydrogen-bond acceptors (Lipinski definition) is 3. The van der Waals surface area contributed by atoms with Crippen LogP contribution in [0.1, 0.15) is 29.8 Å². The first kappa shape index (κ1) is 11.6. The molecule has 0 radical (unpaired) electrons. The lowest BCUT2D eigenvalue weighted by Gasteiger charge is -2.05. The van der Waals surface area contributed by atoms with Gasteiger partial charge >= 0.3 is 5.97 Å². The largest absolute Gasteiger partial charge is 0.462 e.